The van der Waals surface area contributed by atoms with E-state index in [1.165, 1.54) is 23.3 Å². The molecule has 1 aliphatic rings. The Kier molecular flexibility index (Phi) is 6.12. The lowest BCUT2D eigenvalue weighted by Gasteiger charge is -2.28. The summed E-state index contributed by atoms with van der Waals surface area (Å²) in [6.07, 6.45) is 3.29. The van der Waals surface area contributed by atoms with E-state index in [0.29, 0.717) is 21.9 Å². The number of Topliss-reactive ketones (excluding diaryl/α,β-unsaturated/α-hetero) is 1. The number of nitrogens with zero attached hydrogens (tertiary/aromatic N) is 3. The third-order valence-corrected chi connectivity index (χ3v) is 6.78. The predicted octanol–water partition coefficient (Wildman–Crippen LogP) is 4.70. The molecule has 1 N–H and O–H groups in total. The zero-order valence-electron chi connectivity index (χ0n) is 17.6. The number of aliphatic hydroxyl groups excluding tert-OH is 1. The second-order valence-electron chi connectivity index (χ2n) is 7.32. The minimum absolute atomic E-state index is 0.0158. The van der Waals surface area contributed by atoms with Crippen molar-refractivity contribution in [1.82, 2.24) is 14.9 Å². The van der Waals surface area contributed by atoms with Gasteiger partial charge in [-0.25, -0.2) is 4.98 Å². The SMILES string of the molecule is COc1ccc(Br)cc1C1C(C(=O)c2sc(C)nc2C)=C(O)C(=O)N1Cc1cccnc1. The summed E-state index contributed by atoms with van der Waals surface area (Å²) in [4.78, 5) is 37.1. The van der Waals surface area contributed by atoms with Gasteiger partial charge in [0, 0.05) is 29.0 Å². The standard InChI is InChI=1S/C23H20BrN3O4S/c1-12-22(32-13(2)26-12)20(28)18-19(16-9-15(24)6-7-17(16)31-3)27(23(30)21(18)29)11-14-5-4-8-25-10-14/h4-10,19,29H,11H2,1-3H3. The summed E-state index contributed by atoms with van der Waals surface area (Å²) >= 11 is 4.71. The quantitative estimate of drug-likeness (QED) is 0.480. The van der Waals surface area contributed by atoms with Crippen LogP contribution in [0.25, 0.3) is 0 Å². The van der Waals surface area contributed by atoms with Gasteiger partial charge in [-0.15, -0.1) is 11.3 Å². The van der Waals surface area contributed by atoms with Crippen LogP contribution in [0.3, 0.4) is 0 Å². The van der Waals surface area contributed by atoms with Crippen LogP contribution in [-0.2, 0) is 11.3 Å². The molecule has 0 fully saturated rings. The number of carbonyl (C=O) groups is 2. The predicted molar refractivity (Wildman–Crippen MR) is 124 cm³/mol. The summed E-state index contributed by atoms with van der Waals surface area (Å²) in [5.41, 5.74) is 1.94. The normalized spacial score (nSPS) is 16.1. The summed E-state index contributed by atoms with van der Waals surface area (Å²) in [7, 11) is 1.52. The summed E-state index contributed by atoms with van der Waals surface area (Å²) in [5.74, 6) is -1.10. The molecular formula is C23H20BrN3O4S. The lowest BCUT2D eigenvalue weighted by molar-refractivity contribution is -0.130. The molecule has 0 saturated carbocycles. The van der Waals surface area contributed by atoms with Crippen LogP contribution < -0.4 is 4.74 Å². The highest BCUT2D eigenvalue weighted by atomic mass is 79.9. The lowest BCUT2D eigenvalue weighted by atomic mass is 9.94. The molecule has 0 aliphatic carbocycles. The van der Waals surface area contributed by atoms with Gasteiger partial charge in [-0.2, -0.15) is 0 Å². The highest BCUT2D eigenvalue weighted by Gasteiger charge is 2.45. The van der Waals surface area contributed by atoms with Gasteiger partial charge in [0.05, 0.1) is 34.3 Å². The maximum atomic E-state index is 13.6. The van der Waals surface area contributed by atoms with Gasteiger partial charge in [0.1, 0.15) is 5.75 Å². The Balaban J connectivity index is 1.88. The van der Waals surface area contributed by atoms with Crippen LogP contribution in [0.5, 0.6) is 5.75 Å². The van der Waals surface area contributed by atoms with Gasteiger partial charge in [0.2, 0.25) is 5.78 Å². The topological polar surface area (TPSA) is 92.6 Å². The third-order valence-electron chi connectivity index (χ3n) is 5.22. The van der Waals surface area contributed by atoms with E-state index in [1.807, 2.05) is 19.1 Å². The maximum Gasteiger partial charge on any atom is 0.290 e. The number of amides is 1. The molecule has 1 atom stereocenters. The Morgan fingerprint density at radius 3 is 2.72 bits per heavy atom. The van der Waals surface area contributed by atoms with Gasteiger partial charge in [-0.3, -0.25) is 14.6 Å². The molecule has 0 bridgehead atoms. The van der Waals surface area contributed by atoms with E-state index < -0.39 is 23.5 Å². The first kappa shape index (κ1) is 22.2. The van der Waals surface area contributed by atoms with Gasteiger partial charge in [0.25, 0.3) is 5.91 Å². The van der Waals surface area contributed by atoms with Crippen LogP contribution in [0.15, 0.2) is 58.5 Å². The maximum absolute atomic E-state index is 13.6. The van der Waals surface area contributed by atoms with Gasteiger partial charge in [-0.1, -0.05) is 22.0 Å². The van der Waals surface area contributed by atoms with Crippen molar-refractivity contribution < 1.29 is 19.4 Å². The van der Waals surface area contributed by atoms with Crippen LogP contribution in [0.1, 0.15) is 37.5 Å². The molecule has 0 radical (unpaired) electrons. The number of ketones is 1. The number of pyridine rings is 1. The van der Waals surface area contributed by atoms with E-state index in [4.69, 9.17) is 4.74 Å². The first-order valence-corrected chi connectivity index (χ1v) is 11.4. The van der Waals surface area contributed by atoms with Crippen LogP contribution in [-0.4, -0.2) is 38.8 Å². The van der Waals surface area contributed by atoms with Crippen molar-refractivity contribution in [3.8, 4) is 5.75 Å². The molecule has 164 valence electrons. The fraction of sp³-hybridized carbons (Fsp3) is 0.217. The number of hydrogen-bond donors (Lipinski definition) is 1. The molecule has 1 aromatic carbocycles. The number of aromatic nitrogens is 2. The van der Waals surface area contributed by atoms with Crippen LogP contribution >= 0.6 is 27.3 Å². The van der Waals surface area contributed by atoms with Crippen molar-refractivity contribution in [2.24, 2.45) is 0 Å². The number of methoxy groups -OCH3 is 1. The Bertz CT molecular complexity index is 1240. The van der Waals surface area contributed by atoms with Crippen LogP contribution in [0, 0.1) is 13.8 Å². The van der Waals surface area contributed by atoms with Crippen molar-refractivity contribution in [3.63, 3.8) is 0 Å². The van der Waals surface area contributed by atoms with Crippen molar-refractivity contribution in [2.45, 2.75) is 26.4 Å². The Morgan fingerprint density at radius 2 is 2.09 bits per heavy atom. The molecule has 3 aromatic rings. The Morgan fingerprint density at radius 1 is 1.31 bits per heavy atom. The number of hydrogen-bond acceptors (Lipinski definition) is 7. The molecule has 1 unspecified atom stereocenters. The third kappa shape index (κ3) is 3.93. The number of rotatable bonds is 6. The summed E-state index contributed by atoms with van der Waals surface area (Å²) in [6, 6.07) is 8.13. The second kappa shape index (κ2) is 8.84. The highest BCUT2D eigenvalue weighted by Crippen LogP contribution is 2.44. The van der Waals surface area contributed by atoms with Gasteiger partial charge < -0.3 is 14.7 Å². The second-order valence-corrected chi connectivity index (χ2v) is 9.44. The summed E-state index contributed by atoms with van der Waals surface area (Å²) in [5, 5.41) is 11.6. The summed E-state index contributed by atoms with van der Waals surface area (Å²) in [6.45, 7) is 3.72. The number of benzene rings is 1. The average Bonchev–Trinajstić information content (AvgIpc) is 3.24. The number of aryl methyl sites for hydroxylation is 2. The largest absolute Gasteiger partial charge is 0.503 e. The first-order valence-electron chi connectivity index (χ1n) is 9.77. The van der Waals surface area contributed by atoms with Crippen LogP contribution in [0.4, 0.5) is 0 Å². The van der Waals surface area contributed by atoms with Crippen molar-refractivity contribution in [2.75, 3.05) is 7.11 Å². The van der Waals surface area contributed by atoms with Crippen LogP contribution in [0.2, 0.25) is 0 Å². The van der Waals surface area contributed by atoms with E-state index in [-0.39, 0.29) is 12.1 Å². The number of ether oxygens (including phenoxy) is 1. The molecule has 1 amide bonds. The van der Waals surface area contributed by atoms with Gasteiger partial charge in [-0.05, 0) is 43.7 Å². The molecule has 3 heterocycles. The van der Waals surface area contributed by atoms with E-state index in [9.17, 15) is 14.7 Å². The number of aliphatic hydroxyl groups is 1. The van der Waals surface area contributed by atoms with E-state index in [2.05, 4.69) is 25.9 Å². The molecule has 2 aromatic heterocycles. The molecule has 0 spiro atoms. The zero-order chi connectivity index (χ0) is 23.0. The van der Waals surface area contributed by atoms with E-state index in [1.54, 1.807) is 37.5 Å². The van der Waals surface area contributed by atoms with E-state index in [0.717, 1.165) is 15.0 Å². The van der Waals surface area contributed by atoms with Crippen molar-refractivity contribution in [1.29, 1.82) is 0 Å². The number of thiazole rings is 1. The highest BCUT2D eigenvalue weighted by molar-refractivity contribution is 9.10. The molecule has 0 saturated heterocycles. The summed E-state index contributed by atoms with van der Waals surface area (Å²) < 4.78 is 6.30. The molecular weight excluding hydrogens is 494 g/mol. The van der Waals surface area contributed by atoms with E-state index >= 15 is 0 Å². The smallest absolute Gasteiger partial charge is 0.290 e. The minimum atomic E-state index is -0.843. The molecule has 4 rings (SSSR count). The molecule has 32 heavy (non-hydrogen) atoms. The van der Waals surface area contributed by atoms with Gasteiger partial charge >= 0.3 is 0 Å². The minimum Gasteiger partial charge on any atom is -0.503 e. The van der Waals surface area contributed by atoms with Crippen molar-refractivity contribution in [3.05, 3.63) is 85.2 Å². The number of carbonyl (C=O) groups excluding carboxylic acids is 2. The zero-order valence-corrected chi connectivity index (χ0v) is 20.0. The Labute approximate surface area is 197 Å². The Hall–Kier alpha value is -3.04. The monoisotopic (exact) mass is 513 g/mol. The molecule has 7 nitrogen and oxygen atoms in total. The fourth-order valence-electron chi connectivity index (χ4n) is 3.84. The number of halogens is 1. The molecule has 9 heteroatoms. The lowest BCUT2D eigenvalue weighted by Crippen LogP contribution is -2.31. The first-order chi connectivity index (χ1) is 15.3. The average molecular weight is 514 g/mol. The van der Waals surface area contributed by atoms with Gasteiger partial charge in [0.15, 0.2) is 5.76 Å². The molecule has 1 aliphatic heterocycles. The van der Waals surface area contributed by atoms with Crippen molar-refractivity contribution >= 4 is 39.0 Å². The fourth-order valence-corrected chi connectivity index (χ4v) is 5.10.